The van der Waals surface area contributed by atoms with Gasteiger partial charge >= 0.3 is 6.09 Å². The lowest BCUT2D eigenvalue weighted by Gasteiger charge is -2.15. The maximum Gasteiger partial charge on any atom is 0.421 e. The molecule has 0 aliphatic heterocycles. The Hall–Kier alpha value is -2.22. The summed E-state index contributed by atoms with van der Waals surface area (Å²) in [5.41, 5.74) is 5.16. The molecule has 1 unspecified atom stereocenters. The molecule has 1 atom stereocenters. The first-order valence-electron chi connectivity index (χ1n) is 5.58. The number of hydrogen-bond donors (Lipinski definition) is 2. The number of nitrogens with zero attached hydrogens (tertiary/aromatic N) is 1. The van der Waals surface area contributed by atoms with Crippen LogP contribution in [0.2, 0.25) is 0 Å². The van der Waals surface area contributed by atoms with Crippen LogP contribution in [-0.2, 0) is 4.74 Å². The lowest BCUT2D eigenvalue weighted by molar-refractivity contribution is -0.484. The zero-order valence-electron chi connectivity index (χ0n) is 10.3. The molecule has 7 nitrogen and oxygen atoms in total. The third-order valence-corrected chi connectivity index (χ3v) is 2.23. The molecule has 0 spiro atoms. The summed E-state index contributed by atoms with van der Waals surface area (Å²) < 4.78 is 17.4. The van der Waals surface area contributed by atoms with Crippen molar-refractivity contribution in [1.29, 1.82) is 0 Å². The van der Waals surface area contributed by atoms with Crippen LogP contribution >= 0.6 is 0 Å². The van der Waals surface area contributed by atoms with E-state index in [9.17, 15) is 19.3 Å². The van der Waals surface area contributed by atoms with Gasteiger partial charge < -0.3 is 4.74 Å². The molecular weight excluding hydrogens is 257 g/mol. The van der Waals surface area contributed by atoms with Crippen LogP contribution in [0.25, 0.3) is 0 Å². The SMILES string of the molecule is CCOC(=O)NNC(C[N+](=O)[O-])c1ccc(F)cc1. The largest absolute Gasteiger partial charge is 0.449 e. The molecule has 8 heteroatoms. The maximum atomic E-state index is 12.8. The van der Waals surface area contributed by atoms with E-state index in [-0.39, 0.29) is 6.61 Å². The van der Waals surface area contributed by atoms with Crippen molar-refractivity contribution in [3.63, 3.8) is 0 Å². The summed E-state index contributed by atoms with van der Waals surface area (Å²) in [6.07, 6.45) is -0.738. The van der Waals surface area contributed by atoms with Gasteiger partial charge in [0.05, 0.1) is 6.61 Å². The molecule has 0 aliphatic carbocycles. The topological polar surface area (TPSA) is 93.5 Å². The minimum Gasteiger partial charge on any atom is -0.449 e. The molecule has 0 radical (unpaired) electrons. The highest BCUT2D eigenvalue weighted by Gasteiger charge is 2.18. The quantitative estimate of drug-likeness (QED) is 0.602. The first-order valence-corrected chi connectivity index (χ1v) is 5.58. The molecule has 0 fully saturated rings. The highest BCUT2D eigenvalue weighted by molar-refractivity contribution is 5.66. The van der Waals surface area contributed by atoms with E-state index in [1.165, 1.54) is 24.3 Å². The lowest BCUT2D eigenvalue weighted by Crippen LogP contribution is -2.42. The number of benzene rings is 1. The summed E-state index contributed by atoms with van der Waals surface area (Å²) in [7, 11) is 0. The Morgan fingerprint density at radius 1 is 1.47 bits per heavy atom. The molecule has 2 N–H and O–H groups in total. The first-order chi connectivity index (χ1) is 9.02. The summed E-state index contributed by atoms with van der Waals surface area (Å²) in [5.74, 6) is -0.443. The normalized spacial score (nSPS) is 11.7. The van der Waals surface area contributed by atoms with Crippen LogP contribution in [0.4, 0.5) is 9.18 Å². The minimum atomic E-state index is -0.778. The summed E-state index contributed by atoms with van der Waals surface area (Å²) >= 11 is 0. The zero-order valence-corrected chi connectivity index (χ0v) is 10.3. The van der Waals surface area contributed by atoms with E-state index < -0.39 is 29.4 Å². The molecule has 1 rings (SSSR count). The van der Waals surface area contributed by atoms with Gasteiger partial charge in [0.1, 0.15) is 11.9 Å². The number of amides is 1. The number of nitro groups is 1. The van der Waals surface area contributed by atoms with Gasteiger partial charge in [-0.25, -0.2) is 14.6 Å². The van der Waals surface area contributed by atoms with Gasteiger partial charge in [-0.3, -0.25) is 15.5 Å². The molecule has 0 aromatic heterocycles. The van der Waals surface area contributed by atoms with Crippen LogP contribution in [0.3, 0.4) is 0 Å². The number of hydrogen-bond acceptors (Lipinski definition) is 5. The highest BCUT2D eigenvalue weighted by atomic mass is 19.1. The zero-order chi connectivity index (χ0) is 14.3. The van der Waals surface area contributed by atoms with E-state index in [2.05, 4.69) is 15.6 Å². The van der Waals surface area contributed by atoms with E-state index in [1.807, 2.05) is 0 Å². The average molecular weight is 271 g/mol. The summed E-state index contributed by atoms with van der Waals surface area (Å²) in [6, 6.07) is 4.41. The van der Waals surface area contributed by atoms with E-state index >= 15 is 0 Å². The second-order valence-corrected chi connectivity index (χ2v) is 3.61. The maximum absolute atomic E-state index is 12.8. The van der Waals surface area contributed by atoms with Crippen LogP contribution in [0.1, 0.15) is 18.5 Å². The van der Waals surface area contributed by atoms with Crippen molar-refractivity contribution in [3.05, 3.63) is 45.8 Å². The molecule has 1 amide bonds. The lowest BCUT2D eigenvalue weighted by atomic mass is 10.1. The van der Waals surface area contributed by atoms with Gasteiger partial charge in [-0.1, -0.05) is 12.1 Å². The fourth-order valence-electron chi connectivity index (χ4n) is 1.39. The summed E-state index contributed by atoms with van der Waals surface area (Å²) in [6.45, 7) is 1.36. The number of carbonyl (C=O) groups is 1. The molecule has 104 valence electrons. The van der Waals surface area contributed by atoms with E-state index in [1.54, 1.807) is 6.92 Å². The van der Waals surface area contributed by atoms with Crippen molar-refractivity contribution in [2.45, 2.75) is 13.0 Å². The van der Waals surface area contributed by atoms with Gasteiger partial charge in [-0.05, 0) is 24.6 Å². The van der Waals surface area contributed by atoms with Crippen LogP contribution in [0.5, 0.6) is 0 Å². The van der Waals surface area contributed by atoms with Crippen LogP contribution in [-0.4, -0.2) is 24.2 Å². The second kappa shape index (κ2) is 7.27. The monoisotopic (exact) mass is 271 g/mol. The van der Waals surface area contributed by atoms with Crippen molar-refractivity contribution in [2.24, 2.45) is 0 Å². The smallest absolute Gasteiger partial charge is 0.421 e. The van der Waals surface area contributed by atoms with Gasteiger partial charge in [-0.15, -0.1) is 0 Å². The standard InChI is InChI=1S/C11H14FN3O4/c1-2-19-11(16)14-13-10(7-15(17)18)8-3-5-9(12)6-4-8/h3-6,10,13H,2,7H2,1H3,(H,14,16). The Morgan fingerprint density at radius 2 is 2.11 bits per heavy atom. The Kier molecular flexibility index (Phi) is 5.68. The van der Waals surface area contributed by atoms with Crippen molar-refractivity contribution < 1.29 is 18.8 Å². The van der Waals surface area contributed by atoms with Gasteiger partial charge in [0.15, 0.2) is 0 Å². The Labute approximate surface area is 108 Å². The molecule has 0 heterocycles. The molecule has 19 heavy (non-hydrogen) atoms. The van der Waals surface area contributed by atoms with Crippen molar-refractivity contribution in [3.8, 4) is 0 Å². The fraction of sp³-hybridized carbons (Fsp3) is 0.364. The second-order valence-electron chi connectivity index (χ2n) is 3.61. The predicted molar refractivity (Wildman–Crippen MR) is 64.3 cm³/mol. The molecule has 1 aromatic carbocycles. The van der Waals surface area contributed by atoms with Gasteiger partial charge in [0.2, 0.25) is 6.54 Å². The van der Waals surface area contributed by atoms with Crippen LogP contribution < -0.4 is 10.9 Å². The molecule has 0 saturated carbocycles. The first kappa shape index (κ1) is 14.8. The van der Waals surface area contributed by atoms with Crippen molar-refractivity contribution in [1.82, 2.24) is 10.9 Å². The Balaban J connectivity index is 2.69. The fourth-order valence-corrected chi connectivity index (χ4v) is 1.39. The number of carbonyl (C=O) groups excluding carboxylic acids is 1. The predicted octanol–water partition coefficient (Wildman–Crippen LogP) is 1.39. The number of nitrogens with one attached hydrogen (secondary N) is 2. The van der Waals surface area contributed by atoms with Crippen molar-refractivity contribution >= 4 is 6.09 Å². The minimum absolute atomic E-state index is 0.184. The van der Waals surface area contributed by atoms with E-state index in [0.29, 0.717) is 5.56 Å². The number of ether oxygens (including phenoxy) is 1. The van der Waals surface area contributed by atoms with E-state index in [4.69, 9.17) is 0 Å². The van der Waals surface area contributed by atoms with Crippen molar-refractivity contribution in [2.75, 3.05) is 13.2 Å². The van der Waals surface area contributed by atoms with Gasteiger partial charge in [0, 0.05) is 4.92 Å². The third-order valence-electron chi connectivity index (χ3n) is 2.23. The van der Waals surface area contributed by atoms with Gasteiger partial charge in [-0.2, -0.15) is 0 Å². The molecule has 0 saturated heterocycles. The van der Waals surface area contributed by atoms with Gasteiger partial charge in [0.25, 0.3) is 0 Å². The average Bonchev–Trinajstić information content (AvgIpc) is 2.35. The van der Waals surface area contributed by atoms with Crippen LogP contribution in [0.15, 0.2) is 24.3 Å². The Morgan fingerprint density at radius 3 is 2.63 bits per heavy atom. The van der Waals surface area contributed by atoms with E-state index in [0.717, 1.165) is 0 Å². The summed E-state index contributed by atoms with van der Waals surface area (Å²) in [5, 5.41) is 10.6. The Bertz CT molecular complexity index is 438. The molecule has 1 aromatic rings. The number of halogens is 1. The highest BCUT2D eigenvalue weighted by Crippen LogP contribution is 2.13. The number of hydrazine groups is 1. The third kappa shape index (κ3) is 5.30. The molecular formula is C11H14FN3O4. The molecule has 0 aliphatic rings. The summed E-state index contributed by atoms with van der Waals surface area (Å²) in [4.78, 5) is 21.1. The number of rotatable bonds is 6. The van der Waals surface area contributed by atoms with Crippen LogP contribution in [0, 0.1) is 15.9 Å². The molecule has 0 bridgehead atoms.